The normalized spacial score (nSPS) is 12.5. The van der Waals surface area contributed by atoms with Gasteiger partial charge in [-0.25, -0.2) is 0 Å². The predicted octanol–water partition coefficient (Wildman–Crippen LogP) is 1.80. The highest BCUT2D eigenvalue weighted by Gasteiger charge is 2.15. The van der Waals surface area contributed by atoms with E-state index in [2.05, 4.69) is 15.6 Å². The summed E-state index contributed by atoms with van der Waals surface area (Å²) in [4.78, 5) is 4.51. The molecule has 0 bridgehead atoms. The van der Waals surface area contributed by atoms with Crippen molar-refractivity contribution in [3.05, 3.63) is 24.2 Å². The van der Waals surface area contributed by atoms with E-state index < -0.39 is 0 Å². The Morgan fingerprint density at radius 3 is 2.79 bits per heavy atom. The van der Waals surface area contributed by atoms with Gasteiger partial charge in [0.2, 0.25) is 0 Å². The van der Waals surface area contributed by atoms with Crippen LogP contribution in [0.4, 0.5) is 0 Å². The van der Waals surface area contributed by atoms with Crippen molar-refractivity contribution in [3.8, 4) is 0 Å². The second-order valence-corrected chi connectivity index (χ2v) is 4.92. The summed E-state index contributed by atoms with van der Waals surface area (Å²) in [6.45, 7) is 8.31. The smallest absolute Gasteiger partial charge is 0.191 e. The van der Waals surface area contributed by atoms with Crippen LogP contribution in [0.1, 0.15) is 26.5 Å². The van der Waals surface area contributed by atoms with Crippen LogP contribution in [-0.4, -0.2) is 38.3 Å². The standard InChI is InChI=1S/C14H25N3O2/c1-5-15-13(17-11-14(2,3)18-4)16-9-8-12-7-6-10-19-12/h6-7,10H,5,8-9,11H2,1-4H3,(H2,15,16,17). The van der Waals surface area contributed by atoms with Crippen LogP contribution in [-0.2, 0) is 11.2 Å². The molecule has 108 valence electrons. The number of hydrogen-bond donors (Lipinski definition) is 2. The quantitative estimate of drug-likeness (QED) is 0.584. The summed E-state index contributed by atoms with van der Waals surface area (Å²) in [6.07, 6.45) is 2.53. The van der Waals surface area contributed by atoms with E-state index in [4.69, 9.17) is 9.15 Å². The van der Waals surface area contributed by atoms with Gasteiger partial charge in [-0.15, -0.1) is 0 Å². The van der Waals surface area contributed by atoms with E-state index in [1.54, 1.807) is 13.4 Å². The molecule has 0 aliphatic rings. The molecule has 1 rings (SSSR count). The molecule has 1 aromatic rings. The summed E-state index contributed by atoms with van der Waals surface area (Å²) in [5, 5.41) is 6.49. The second kappa shape index (κ2) is 7.84. The maximum Gasteiger partial charge on any atom is 0.191 e. The van der Waals surface area contributed by atoms with Crippen LogP contribution < -0.4 is 10.6 Å². The fraction of sp³-hybridized carbons (Fsp3) is 0.643. The van der Waals surface area contributed by atoms with Gasteiger partial charge in [-0.3, -0.25) is 4.99 Å². The Labute approximate surface area is 115 Å². The van der Waals surface area contributed by atoms with Crippen LogP contribution in [0.15, 0.2) is 27.8 Å². The molecule has 1 aromatic heterocycles. The van der Waals surface area contributed by atoms with Crippen molar-refractivity contribution in [2.45, 2.75) is 32.8 Å². The first kappa shape index (κ1) is 15.6. The zero-order valence-corrected chi connectivity index (χ0v) is 12.3. The largest absolute Gasteiger partial charge is 0.469 e. The van der Waals surface area contributed by atoms with Crippen molar-refractivity contribution in [2.75, 3.05) is 26.7 Å². The summed E-state index contributed by atoms with van der Waals surface area (Å²) < 4.78 is 10.6. The molecule has 19 heavy (non-hydrogen) atoms. The summed E-state index contributed by atoms with van der Waals surface area (Å²) in [7, 11) is 1.70. The van der Waals surface area contributed by atoms with E-state index in [1.165, 1.54) is 0 Å². The Bertz CT molecular complexity index is 372. The highest BCUT2D eigenvalue weighted by atomic mass is 16.5. The maximum atomic E-state index is 5.35. The monoisotopic (exact) mass is 267 g/mol. The fourth-order valence-electron chi connectivity index (χ4n) is 1.43. The van der Waals surface area contributed by atoms with Gasteiger partial charge < -0.3 is 19.8 Å². The predicted molar refractivity (Wildman–Crippen MR) is 77.5 cm³/mol. The highest BCUT2D eigenvalue weighted by Crippen LogP contribution is 2.07. The Morgan fingerprint density at radius 1 is 1.42 bits per heavy atom. The van der Waals surface area contributed by atoms with Gasteiger partial charge in [0, 0.05) is 26.6 Å². The molecule has 0 aliphatic carbocycles. The van der Waals surface area contributed by atoms with E-state index in [0.717, 1.165) is 31.2 Å². The van der Waals surface area contributed by atoms with Gasteiger partial charge in [-0.1, -0.05) is 0 Å². The number of methoxy groups -OCH3 is 1. The van der Waals surface area contributed by atoms with E-state index in [1.807, 2.05) is 32.9 Å². The molecule has 0 amide bonds. The fourth-order valence-corrected chi connectivity index (χ4v) is 1.43. The third-order valence-corrected chi connectivity index (χ3v) is 2.76. The van der Waals surface area contributed by atoms with E-state index >= 15 is 0 Å². The summed E-state index contributed by atoms with van der Waals surface area (Å²) >= 11 is 0. The molecule has 0 fully saturated rings. The van der Waals surface area contributed by atoms with Gasteiger partial charge in [0.15, 0.2) is 5.96 Å². The molecule has 0 aromatic carbocycles. The summed E-state index contributed by atoms with van der Waals surface area (Å²) in [5.41, 5.74) is -0.247. The number of furan rings is 1. The molecule has 0 radical (unpaired) electrons. The van der Waals surface area contributed by atoms with Crippen molar-refractivity contribution in [1.29, 1.82) is 0 Å². The van der Waals surface area contributed by atoms with Gasteiger partial charge in [0.25, 0.3) is 0 Å². The van der Waals surface area contributed by atoms with E-state index in [0.29, 0.717) is 6.54 Å². The molecule has 5 nitrogen and oxygen atoms in total. The third kappa shape index (κ3) is 6.29. The van der Waals surface area contributed by atoms with Crippen LogP contribution in [0.2, 0.25) is 0 Å². The number of hydrogen-bond acceptors (Lipinski definition) is 3. The summed E-state index contributed by atoms with van der Waals surface area (Å²) in [6, 6.07) is 3.87. The number of nitrogens with one attached hydrogen (secondary N) is 2. The summed E-state index contributed by atoms with van der Waals surface area (Å²) in [5.74, 6) is 1.78. The molecule has 1 heterocycles. The molecule has 0 aliphatic heterocycles. The minimum Gasteiger partial charge on any atom is -0.469 e. The van der Waals surface area contributed by atoms with Crippen molar-refractivity contribution >= 4 is 5.96 Å². The minimum absolute atomic E-state index is 0.247. The lowest BCUT2D eigenvalue weighted by atomic mass is 10.1. The van der Waals surface area contributed by atoms with E-state index in [-0.39, 0.29) is 5.60 Å². The second-order valence-electron chi connectivity index (χ2n) is 4.92. The van der Waals surface area contributed by atoms with Crippen molar-refractivity contribution in [1.82, 2.24) is 10.6 Å². The zero-order chi connectivity index (χ0) is 14.1. The molecular weight excluding hydrogens is 242 g/mol. The number of nitrogens with zero attached hydrogens (tertiary/aromatic N) is 1. The molecule has 0 atom stereocenters. The van der Waals surface area contributed by atoms with E-state index in [9.17, 15) is 0 Å². The van der Waals surface area contributed by atoms with Gasteiger partial charge in [0.05, 0.1) is 18.4 Å². The third-order valence-electron chi connectivity index (χ3n) is 2.76. The van der Waals surface area contributed by atoms with Crippen molar-refractivity contribution in [3.63, 3.8) is 0 Å². The Balaban J connectivity index is 2.41. The van der Waals surface area contributed by atoms with Gasteiger partial charge in [-0.2, -0.15) is 0 Å². The lowest BCUT2D eigenvalue weighted by molar-refractivity contribution is 0.0310. The van der Waals surface area contributed by atoms with Gasteiger partial charge in [0.1, 0.15) is 5.76 Å². The Kier molecular flexibility index (Phi) is 6.42. The molecular formula is C14H25N3O2. The van der Waals surface area contributed by atoms with Gasteiger partial charge >= 0.3 is 0 Å². The Hall–Kier alpha value is -1.49. The maximum absolute atomic E-state index is 5.35. The first-order valence-electron chi connectivity index (χ1n) is 6.67. The van der Waals surface area contributed by atoms with Crippen LogP contribution in [0, 0.1) is 0 Å². The molecule has 2 N–H and O–H groups in total. The topological polar surface area (TPSA) is 58.8 Å². The average molecular weight is 267 g/mol. The lowest BCUT2D eigenvalue weighted by Gasteiger charge is -2.21. The first-order valence-corrected chi connectivity index (χ1v) is 6.67. The molecule has 0 unspecified atom stereocenters. The number of aliphatic imine (C=N–C) groups is 1. The van der Waals surface area contributed by atoms with Crippen LogP contribution in [0.3, 0.4) is 0 Å². The SMILES string of the molecule is CCNC(=NCC(C)(C)OC)NCCc1ccco1. The number of ether oxygens (including phenoxy) is 1. The molecule has 5 heteroatoms. The average Bonchev–Trinajstić information content (AvgIpc) is 2.89. The number of guanidine groups is 1. The minimum atomic E-state index is -0.247. The van der Waals surface area contributed by atoms with Crippen LogP contribution >= 0.6 is 0 Å². The first-order chi connectivity index (χ1) is 9.07. The zero-order valence-electron chi connectivity index (χ0n) is 12.3. The lowest BCUT2D eigenvalue weighted by Crippen LogP contribution is -2.40. The molecule has 0 spiro atoms. The highest BCUT2D eigenvalue weighted by molar-refractivity contribution is 5.79. The number of rotatable bonds is 7. The Morgan fingerprint density at radius 2 is 2.21 bits per heavy atom. The van der Waals surface area contributed by atoms with Gasteiger partial charge in [-0.05, 0) is 32.9 Å². The van der Waals surface area contributed by atoms with Crippen molar-refractivity contribution < 1.29 is 9.15 Å². The molecule has 0 saturated carbocycles. The molecule has 0 saturated heterocycles. The van der Waals surface area contributed by atoms with Crippen LogP contribution in [0.25, 0.3) is 0 Å². The van der Waals surface area contributed by atoms with Crippen LogP contribution in [0.5, 0.6) is 0 Å². The van der Waals surface area contributed by atoms with Crippen molar-refractivity contribution in [2.24, 2.45) is 4.99 Å².